The van der Waals surface area contributed by atoms with E-state index in [9.17, 15) is 8.42 Å². The molecule has 1 aromatic heterocycles. The van der Waals surface area contributed by atoms with Crippen LogP contribution in [0.1, 0.15) is 0 Å². The van der Waals surface area contributed by atoms with Crippen LogP contribution in [0, 0.1) is 0 Å². The third-order valence-electron chi connectivity index (χ3n) is 2.86. The second-order valence-corrected chi connectivity index (χ2v) is 6.62. The molecule has 0 fully saturated rings. The van der Waals surface area contributed by atoms with Gasteiger partial charge in [0, 0.05) is 6.07 Å². The molecule has 21 heavy (non-hydrogen) atoms. The highest BCUT2D eigenvalue weighted by atomic mass is 32.2. The van der Waals surface area contributed by atoms with Crippen molar-refractivity contribution in [3.05, 3.63) is 48.5 Å². The maximum atomic E-state index is 12.1. The molecule has 1 N–H and O–H groups in total. The Labute approximate surface area is 126 Å². The lowest BCUT2D eigenvalue weighted by Crippen LogP contribution is -2.09. The van der Waals surface area contributed by atoms with Crippen molar-refractivity contribution in [1.29, 1.82) is 0 Å². The molecule has 0 atom stereocenters. The molecular formula is C14H12N2O3S2. The van der Waals surface area contributed by atoms with Crippen LogP contribution in [0.5, 0.6) is 5.75 Å². The molecule has 0 spiro atoms. The SMILES string of the molecule is CSc1nc2ccc(OS(=O)(=O)c3ccccc3)cc2[nH]1. The van der Waals surface area contributed by atoms with Crippen LogP contribution < -0.4 is 4.18 Å². The van der Waals surface area contributed by atoms with Crippen molar-refractivity contribution in [3.63, 3.8) is 0 Å². The number of nitrogens with one attached hydrogen (secondary N) is 1. The van der Waals surface area contributed by atoms with Gasteiger partial charge in [-0.15, -0.1) is 0 Å². The van der Waals surface area contributed by atoms with Crippen molar-refractivity contribution < 1.29 is 12.6 Å². The first-order valence-electron chi connectivity index (χ1n) is 6.12. The van der Waals surface area contributed by atoms with Gasteiger partial charge in [0.15, 0.2) is 5.16 Å². The molecule has 0 aliphatic rings. The van der Waals surface area contributed by atoms with Crippen molar-refractivity contribution in [2.45, 2.75) is 10.1 Å². The minimum absolute atomic E-state index is 0.125. The number of H-pyrrole nitrogens is 1. The predicted molar refractivity (Wildman–Crippen MR) is 82.1 cm³/mol. The van der Waals surface area contributed by atoms with E-state index in [1.54, 1.807) is 36.4 Å². The molecule has 0 saturated carbocycles. The largest absolute Gasteiger partial charge is 0.379 e. The quantitative estimate of drug-likeness (QED) is 0.591. The molecule has 2 aromatic carbocycles. The molecule has 3 aromatic rings. The van der Waals surface area contributed by atoms with E-state index in [1.807, 2.05) is 6.26 Å². The fraction of sp³-hybridized carbons (Fsp3) is 0.0714. The van der Waals surface area contributed by atoms with E-state index >= 15 is 0 Å². The Balaban J connectivity index is 1.94. The number of benzene rings is 2. The second kappa shape index (κ2) is 5.42. The summed E-state index contributed by atoms with van der Waals surface area (Å²) < 4.78 is 29.5. The number of hydrogen-bond acceptors (Lipinski definition) is 5. The van der Waals surface area contributed by atoms with Crippen LogP contribution in [0.15, 0.2) is 58.6 Å². The first-order chi connectivity index (χ1) is 10.1. The molecule has 0 aliphatic carbocycles. The van der Waals surface area contributed by atoms with Crippen molar-refractivity contribution in [3.8, 4) is 5.75 Å². The first-order valence-corrected chi connectivity index (χ1v) is 8.75. The zero-order valence-corrected chi connectivity index (χ0v) is 12.7. The zero-order valence-electron chi connectivity index (χ0n) is 11.1. The summed E-state index contributed by atoms with van der Waals surface area (Å²) in [5.74, 6) is 0.252. The van der Waals surface area contributed by atoms with Crippen LogP contribution in [0.2, 0.25) is 0 Å². The zero-order chi connectivity index (χ0) is 14.9. The van der Waals surface area contributed by atoms with E-state index in [-0.39, 0.29) is 10.6 Å². The van der Waals surface area contributed by atoms with Gasteiger partial charge in [0.2, 0.25) is 0 Å². The number of aromatic amines is 1. The van der Waals surface area contributed by atoms with Gasteiger partial charge in [-0.25, -0.2) is 4.98 Å². The number of fused-ring (bicyclic) bond motifs is 1. The molecule has 0 amide bonds. The molecular weight excluding hydrogens is 308 g/mol. The number of aromatic nitrogens is 2. The molecule has 108 valence electrons. The summed E-state index contributed by atoms with van der Waals surface area (Å²) in [4.78, 5) is 7.54. The van der Waals surface area contributed by atoms with E-state index in [2.05, 4.69) is 9.97 Å². The monoisotopic (exact) mass is 320 g/mol. The molecule has 0 bridgehead atoms. The van der Waals surface area contributed by atoms with Crippen molar-refractivity contribution in [2.75, 3.05) is 6.26 Å². The maximum Gasteiger partial charge on any atom is 0.339 e. The number of thioether (sulfide) groups is 1. The summed E-state index contributed by atoms with van der Waals surface area (Å²) in [6.07, 6.45) is 1.91. The van der Waals surface area contributed by atoms with Gasteiger partial charge in [0.1, 0.15) is 10.6 Å². The van der Waals surface area contributed by atoms with Gasteiger partial charge >= 0.3 is 10.1 Å². The summed E-state index contributed by atoms with van der Waals surface area (Å²) in [6, 6.07) is 13.0. The molecule has 3 rings (SSSR count). The normalized spacial score (nSPS) is 11.7. The molecule has 7 heteroatoms. The highest BCUT2D eigenvalue weighted by Gasteiger charge is 2.16. The maximum absolute atomic E-state index is 12.1. The van der Waals surface area contributed by atoms with Crippen LogP contribution >= 0.6 is 11.8 Å². The minimum atomic E-state index is -3.82. The highest BCUT2D eigenvalue weighted by Crippen LogP contribution is 2.24. The van der Waals surface area contributed by atoms with Gasteiger partial charge in [-0.3, -0.25) is 0 Å². The summed E-state index contributed by atoms with van der Waals surface area (Å²) in [5, 5.41) is 0.771. The average molecular weight is 320 g/mol. The average Bonchev–Trinajstić information content (AvgIpc) is 2.90. The number of rotatable bonds is 4. The minimum Gasteiger partial charge on any atom is -0.379 e. The van der Waals surface area contributed by atoms with Crippen LogP contribution in [-0.4, -0.2) is 24.6 Å². The Hall–Kier alpha value is -1.99. The number of nitrogens with zero attached hydrogens (tertiary/aromatic N) is 1. The van der Waals surface area contributed by atoms with E-state index in [4.69, 9.17) is 4.18 Å². The molecule has 0 aliphatic heterocycles. The summed E-state index contributed by atoms with van der Waals surface area (Å²) in [6.45, 7) is 0. The van der Waals surface area contributed by atoms with Gasteiger partial charge in [0.25, 0.3) is 0 Å². The standard InChI is InChI=1S/C14H12N2O3S2/c1-20-14-15-12-8-7-10(9-13(12)16-14)19-21(17,18)11-5-3-2-4-6-11/h2-9H,1H3,(H,15,16). The van der Waals surface area contributed by atoms with Crippen LogP contribution in [-0.2, 0) is 10.1 Å². The third-order valence-corrected chi connectivity index (χ3v) is 4.70. The molecule has 5 nitrogen and oxygen atoms in total. The van der Waals surface area contributed by atoms with Gasteiger partial charge in [0.05, 0.1) is 11.0 Å². The molecule has 0 radical (unpaired) electrons. The fourth-order valence-corrected chi connectivity index (χ4v) is 3.22. The lowest BCUT2D eigenvalue weighted by Gasteiger charge is -2.06. The second-order valence-electron chi connectivity index (χ2n) is 4.28. The highest BCUT2D eigenvalue weighted by molar-refractivity contribution is 7.98. The molecule has 0 saturated heterocycles. The van der Waals surface area contributed by atoms with Gasteiger partial charge in [-0.1, -0.05) is 30.0 Å². The van der Waals surface area contributed by atoms with Gasteiger partial charge in [-0.05, 0) is 30.5 Å². The Morgan fingerprint density at radius 3 is 2.62 bits per heavy atom. The third kappa shape index (κ3) is 2.88. The van der Waals surface area contributed by atoms with Crippen LogP contribution in [0.3, 0.4) is 0 Å². The predicted octanol–water partition coefficient (Wildman–Crippen LogP) is 3.05. The fourth-order valence-electron chi connectivity index (χ4n) is 1.88. The van der Waals surface area contributed by atoms with Crippen molar-refractivity contribution in [1.82, 2.24) is 9.97 Å². The van der Waals surface area contributed by atoms with Crippen molar-refractivity contribution in [2.24, 2.45) is 0 Å². The molecule has 0 unspecified atom stereocenters. The van der Waals surface area contributed by atoms with Gasteiger partial charge in [-0.2, -0.15) is 8.42 Å². The van der Waals surface area contributed by atoms with E-state index in [1.165, 1.54) is 23.9 Å². The Kier molecular flexibility index (Phi) is 3.60. The van der Waals surface area contributed by atoms with Crippen LogP contribution in [0.25, 0.3) is 11.0 Å². The van der Waals surface area contributed by atoms with Crippen molar-refractivity contribution >= 4 is 32.9 Å². The van der Waals surface area contributed by atoms with Crippen LogP contribution in [0.4, 0.5) is 0 Å². The first kappa shape index (κ1) is 14.0. The lowest BCUT2D eigenvalue weighted by atomic mass is 10.3. The number of imidazole rings is 1. The Morgan fingerprint density at radius 1 is 1.14 bits per heavy atom. The summed E-state index contributed by atoms with van der Waals surface area (Å²) >= 11 is 1.48. The topological polar surface area (TPSA) is 72.0 Å². The van der Waals surface area contributed by atoms with E-state index in [0.29, 0.717) is 0 Å². The van der Waals surface area contributed by atoms with Gasteiger partial charge < -0.3 is 9.17 Å². The Morgan fingerprint density at radius 2 is 1.90 bits per heavy atom. The van der Waals surface area contributed by atoms with E-state index < -0.39 is 10.1 Å². The summed E-state index contributed by atoms with van der Waals surface area (Å²) in [5.41, 5.74) is 1.50. The lowest BCUT2D eigenvalue weighted by molar-refractivity contribution is 0.486. The summed E-state index contributed by atoms with van der Waals surface area (Å²) in [7, 11) is -3.82. The van der Waals surface area contributed by atoms with E-state index in [0.717, 1.165) is 16.2 Å². The Bertz CT molecular complexity index is 874. The molecule has 1 heterocycles. The number of hydrogen-bond donors (Lipinski definition) is 1. The smallest absolute Gasteiger partial charge is 0.339 e.